The highest BCUT2D eigenvalue weighted by atomic mass is 15.3. The van der Waals surface area contributed by atoms with Gasteiger partial charge in [0.15, 0.2) is 0 Å². The fourth-order valence-corrected chi connectivity index (χ4v) is 2.83. The standard InChI is InChI=1S/C15H27N3/c1-12(2)18-11-14(10-17-18)9-16-13(3)15-7-5-4-6-8-15/h10-13,15-16H,4-9H2,1-3H3/t13-/m1/s1. The van der Waals surface area contributed by atoms with E-state index in [1.807, 2.05) is 10.9 Å². The fraction of sp³-hybridized carbons (Fsp3) is 0.800. The lowest BCUT2D eigenvalue weighted by Gasteiger charge is -2.28. The third-order valence-corrected chi connectivity index (χ3v) is 4.17. The van der Waals surface area contributed by atoms with E-state index < -0.39 is 0 Å². The molecule has 1 aliphatic rings. The van der Waals surface area contributed by atoms with E-state index in [9.17, 15) is 0 Å². The van der Waals surface area contributed by atoms with Crippen LogP contribution in [0.3, 0.4) is 0 Å². The molecule has 0 saturated heterocycles. The minimum atomic E-state index is 0.453. The molecule has 0 unspecified atom stereocenters. The Kier molecular flexibility index (Phi) is 4.81. The van der Waals surface area contributed by atoms with Gasteiger partial charge in [0, 0.05) is 30.4 Å². The van der Waals surface area contributed by atoms with Gasteiger partial charge in [-0.25, -0.2) is 0 Å². The Hall–Kier alpha value is -0.830. The molecule has 0 aliphatic heterocycles. The van der Waals surface area contributed by atoms with Crippen LogP contribution < -0.4 is 5.32 Å². The SMILES string of the molecule is CC(C)n1cc(CN[C@H](C)C2CCCCC2)cn1. The van der Waals surface area contributed by atoms with Crippen molar-refractivity contribution >= 4 is 0 Å². The van der Waals surface area contributed by atoms with Gasteiger partial charge in [0.25, 0.3) is 0 Å². The molecule has 0 aromatic carbocycles. The van der Waals surface area contributed by atoms with Crippen LogP contribution in [-0.2, 0) is 6.54 Å². The maximum atomic E-state index is 4.38. The van der Waals surface area contributed by atoms with Crippen molar-refractivity contribution in [2.24, 2.45) is 5.92 Å². The topological polar surface area (TPSA) is 29.9 Å². The molecule has 1 saturated carbocycles. The molecule has 3 heteroatoms. The molecule has 0 bridgehead atoms. The predicted molar refractivity (Wildman–Crippen MR) is 75.5 cm³/mol. The van der Waals surface area contributed by atoms with Gasteiger partial charge in [-0.3, -0.25) is 4.68 Å². The van der Waals surface area contributed by atoms with Crippen LogP contribution in [0.15, 0.2) is 12.4 Å². The number of hydrogen-bond acceptors (Lipinski definition) is 2. The lowest BCUT2D eigenvalue weighted by atomic mass is 9.84. The lowest BCUT2D eigenvalue weighted by molar-refractivity contribution is 0.280. The van der Waals surface area contributed by atoms with Crippen molar-refractivity contribution in [2.45, 2.75) is 71.5 Å². The van der Waals surface area contributed by atoms with E-state index in [1.54, 1.807) is 0 Å². The summed E-state index contributed by atoms with van der Waals surface area (Å²) in [5.74, 6) is 0.874. The van der Waals surface area contributed by atoms with Gasteiger partial charge in [-0.1, -0.05) is 19.3 Å². The maximum Gasteiger partial charge on any atom is 0.0534 e. The minimum Gasteiger partial charge on any atom is -0.310 e. The largest absolute Gasteiger partial charge is 0.310 e. The number of rotatable bonds is 5. The Morgan fingerprint density at radius 2 is 2.00 bits per heavy atom. The summed E-state index contributed by atoms with van der Waals surface area (Å²) in [5.41, 5.74) is 1.30. The Bertz CT molecular complexity index is 350. The molecule has 1 aromatic rings. The van der Waals surface area contributed by atoms with E-state index in [4.69, 9.17) is 0 Å². The zero-order valence-corrected chi connectivity index (χ0v) is 12.0. The van der Waals surface area contributed by atoms with Gasteiger partial charge in [-0.15, -0.1) is 0 Å². The van der Waals surface area contributed by atoms with Crippen molar-refractivity contribution in [3.8, 4) is 0 Å². The summed E-state index contributed by atoms with van der Waals surface area (Å²) < 4.78 is 2.03. The second-order valence-electron chi connectivity index (χ2n) is 5.99. The van der Waals surface area contributed by atoms with Crippen LogP contribution in [0.25, 0.3) is 0 Å². The summed E-state index contributed by atoms with van der Waals surface area (Å²) in [6.07, 6.45) is 11.2. The van der Waals surface area contributed by atoms with Gasteiger partial charge in [-0.2, -0.15) is 5.10 Å². The van der Waals surface area contributed by atoms with Crippen LogP contribution in [0.5, 0.6) is 0 Å². The van der Waals surface area contributed by atoms with Crippen molar-refractivity contribution < 1.29 is 0 Å². The molecule has 102 valence electrons. The zero-order chi connectivity index (χ0) is 13.0. The quantitative estimate of drug-likeness (QED) is 0.865. The molecule has 0 radical (unpaired) electrons. The molecule has 0 amide bonds. The first kappa shape index (κ1) is 13.6. The molecule has 1 atom stereocenters. The van der Waals surface area contributed by atoms with Gasteiger partial charge >= 0.3 is 0 Å². The average Bonchev–Trinajstić information content (AvgIpc) is 2.86. The second kappa shape index (κ2) is 6.37. The number of nitrogens with one attached hydrogen (secondary N) is 1. The normalized spacial score (nSPS) is 19.3. The van der Waals surface area contributed by atoms with Gasteiger partial charge in [0.1, 0.15) is 0 Å². The fourth-order valence-electron chi connectivity index (χ4n) is 2.83. The van der Waals surface area contributed by atoms with Crippen molar-refractivity contribution in [1.29, 1.82) is 0 Å². The molecule has 3 nitrogen and oxygen atoms in total. The third-order valence-electron chi connectivity index (χ3n) is 4.17. The van der Waals surface area contributed by atoms with Gasteiger partial charge in [0.2, 0.25) is 0 Å². The van der Waals surface area contributed by atoms with Gasteiger partial charge in [-0.05, 0) is 39.5 Å². The number of aromatic nitrogens is 2. The molecule has 2 rings (SSSR count). The van der Waals surface area contributed by atoms with Crippen LogP contribution in [0, 0.1) is 5.92 Å². The Labute approximate surface area is 111 Å². The Morgan fingerprint density at radius 1 is 1.28 bits per heavy atom. The van der Waals surface area contributed by atoms with Gasteiger partial charge < -0.3 is 5.32 Å². The van der Waals surface area contributed by atoms with Crippen LogP contribution in [0.4, 0.5) is 0 Å². The van der Waals surface area contributed by atoms with Crippen LogP contribution in [-0.4, -0.2) is 15.8 Å². The maximum absolute atomic E-state index is 4.38. The van der Waals surface area contributed by atoms with E-state index in [0.717, 1.165) is 12.5 Å². The summed E-state index contributed by atoms with van der Waals surface area (Å²) in [7, 11) is 0. The van der Waals surface area contributed by atoms with Crippen LogP contribution in [0.2, 0.25) is 0 Å². The number of nitrogens with zero attached hydrogens (tertiary/aromatic N) is 2. The predicted octanol–water partition coefficient (Wildman–Crippen LogP) is 3.52. The smallest absolute Gasteiger partial charge is 0.0534 e. The van der Waals surface area contributed by atoms with Crippen LogP contribution in [0.1, 0.15) is 64.5 Å². The highest BCUT2D eigenvalue weighted by Gasteiger charge is 2.19. The molecule has 1 N–H and O–H groups in total. The van der Waals surface area contributed by atoms with E-state index in [1.165, 1.54) is 37.7 Å². The molecule has 1 heterocycles. The van der Waals surface area contributed by atoms with E-state index in [2.05, 4.69) is 37.4 Å². The monoisotopic (exact) mass is 249 g/mol. The Morgan fingerprint density at radius 3 is 2.61 bits per heavy atom. The van der Waals surface area contributed by atoms with Gasteiger partial charge in [0.05, 0.1) is 6.20 Å². The van der Waals surface area contributed by atoms with E-state index >= 15 is 0 Å². The Balaban J connectivity index is 1.79. The lowest BCUT2D eigenvalue weighted by Crippen LogP contribution is -2.34. The highest BCUT2D eigenvalue weighted by molar-refractivity contribution is 5.04. The molecular formula is C15H27N3. The summed E-state index contributed by atoms with van der Waals surface area (Å²) in [5, 5.41) is 8.05. The zero-order valence-electron chi connectivity index (χ0n) is 12.0. The summed E-state index contributed by atoms with van der Waals surface area (Å²) in [6.45, 7) is 7.61. The van der Waals surface area contributed by atoms with Crippen molar-refractivity contribution in [1.82, 2.24) is 15.1 Å². The summed E-state index contributed by atoms with van der Waals surface area (Å²) >= 11 is 0. The molecule has 1 aliphatic carbocycles. The van der Waals surface area contributed by atoms with E-state index in [0.29, 0.717) is 12.1 Å². The minimum absolute atomic E-state index is 0.453. The highest BCUT2D eigenvalue weighted by Crippen LogP contribution is 2.26. The average molecular weight is 249 g/mol. The molecular weight excluding hydrogens is 222 g/mol. The van der Waals surface area contributed by atoms with Crippen LogP contribution >= 0.6 is 0 Å². The molecule has 0 spiro atoms. The first-order valence-electron chi connectivity index (χ1n) is 7.43. The summed E-state index contributed by atoms with van der Waals surface area (Å²) in [4.78, 5) is 0. The number of hydrogen-bond donors (Lipinski definition) is 1. The molecule has 18 heavy (non-hydrogen) atoms. The van der Waals surface area contributed by atoms with Crippen molar-refractivity contribution in [2.75, 3.05) is 0 Å². The van der Waals surface area contributed by atoms with Crippen molar-refractivity contribution in [3.63, 3.8) is 0 Å². The second-order valence-corrected chi connectivity index (χ2v) is 5.99. The summed E-state index contributed by atoms with van der Waals surface area (Å²) in [6, 6.07) is 1.09. The first-order valence-corrected chi connectivity index (χ1v) is 7.43. The third kappa shape index (κ3) is 3.58. The van der Waals surface area contributed by atoms with Crippen molar-refractivity contribution in [3.05, 3.63) is 18.0 Å². The first-order chi connectivity index (χ1) is 8.66. The molecule has 1 fully saturated rings. The molecule has 1 aromatic heterocycles. The van der Waals surface area contributed by atoms with E-state index in [-0.39, 0.29) is 0 Å².